The molecule has 1 aliphatic rings. The third kappa shape index (κ3) is 3.41. The highest BCUT2D eigenvalue weighted by Crippen LogP contribution is 2.23. The second-order valence-electron chi connectivity index (χ2n) is 6.28. The van der Waals surface area contributed by atoms with Crippen LogP contribution in [-0.2, 0) is 4.79 Å². The molecule has 9 nitrogen and oxygen atoms in total. The molecule has 0 bridgehead atoms. The van der Waals surface area contributed by atoms with Gasteiger partial charge in [-0.2, -0.15) is 5.10 Å². The normalized spacial score (nSPS) is 15.2. The molecule has 4 heterocycles. The molecule has 0 spiro atoms. The Balaban J connectivity index is 1.33. The van der Waals surface area contributed by atoms with Gasteiger partial charge in [0, 0.05) is 37.5 Å². The lowest BCUT2D eigenvalue weighted by Gasteiger charge is -2.31. The summed E-state index contributed by atoms with van der Waals surface area (Å²) in [5.74, 6) is 1.81. The van der Waals surface area contributed by atoms with Crippen LogP contribution in [0.5, 0.6) is 0 Å². The van der Waals surface area contributed by atoms with Gasteiger partial charge >= 0.3 is 0 Å². The van der Waals surface area contributed by atoms with E-state index in [1.165, 1.54) is 0 Å². The highest BCUT2D eigenvalue weighted by Gasteiger charge is 2.26. The molecule has 134 valence electrons. The molecule has 0 radical (unpaired) electrons. The molecular formula is C17H19N7O2. The topological polar surface area (TPSA) is 102 Å². The summed E-state index contributed by atoms with van der Waals surface area (Å²) in [5.41, 5.74) is 0.743. The van der Waals surface area contributed by atoms with Crippen LogP contribution in [0.3, 0.4) is 0 Å². The zero-order chi connectivity index (χ0) is 17.9. The predicted octanol–water partition coefficient (Wildman–Crippen LogP) is 1.81. The molecule has 1 amide bonds. The van der Waals surface area contributed by atoms with Gasteiger partial charge in [-0.1, -0.05) is 5.16 Å². The number of carbonyl (C=O) groups is 1. The van der Waals surface area contributed by atoms with Crippen molar-refractivity contribution in [2.24, 2.45) is 5.92 Å². The Morgan fingerprint density at radius 3 is 2.62 bits per heavy atom. The van der Waals surface area contributed by atoms with Gasteiger partial charge in [0.2, 0.25) is 11.8 Å². The van der Waals surface area contributed by atoms with E-state index in [1.807, 2.05) is 31.3 Å². The van der Waals surface area contributed by atoms with Crippen LogP contribution in [0, 0.1) is 12.8 Å². The van der Waals surface area contributed by atoms with Gasteiger partial charge in [-0.3, -0.25) is 10.1 Å². The third-order valence-electron chi connectivity index (χ3n) is 4.44. The molecule has 0 aromatic carbocycles. The molecule has 1 saturated heterocycles. The number of aromatic nitrogens is 5. The fraction of sp³-hybridized carbons (Fsp3) is 0.353. The maximum absolute atomic E-state index is 12.3. The van der Waals surface area contributed by atoms with E-state index >= 15 is 0 Å². The average Bonchev–Trinajstić information content (AvgIpc) is 3.34. The zero-order valence-electron chi connectivity index (χ0n) is 14.4. The Morgan fingerprint density at radius 1 is 1.23 bits per heavy atom. The smallest absolute Gasteiger partial charge is 0.231 e. The van der Waals surface area contributed by atoms with Gasteiger partial charge in [0.15, 0.2) is 11.6 Å². The van der Waals surface area contributed by atoms with Crippen LogP contribution in [0.2, 0.25) is 0 Å². The van der Waals surface area contributed by atoms with Crippen LogP contribution in [0.25, 0.3) is 5.82 Å². The Bertz CT molecular complexity index is 865. The van der Waals surface area contributed by atoms with E-state index in [1.54, 1.807) is 16.9 Å². The molecule has 26 heavy (non-hydrogen) atoms. The Kier molecular flexibility index (Phi) is 4.34. The number of nitrogens with zero attached hydrogens (tertiary/aromatic N) is 6. The van der Waals surface area contributed by atoms with Crippen molar-refractivity contribution in [2.75, 3.05) is 23.3 Å². The van der Waals surface area contributed by atoms with Gasteiger partial charge in [0.05, 0.1) is 5.69 Å². The molecule has 1 fully saturated rings. The number of rotatable bonds is 4. The van der Waals surface area contributed by atoms with Crippen LogP contribution in [0.15, 0.2) is 41.2 Å². The Morgan fingerprint density at radius 2 is 2.00 bits per heavy atom. The van der Waals surface area contributed by atoms with Gasteiger partial charge < -0.3 is 9.42 Å². The van der Waals surface area contributed by atoms with Crippen molar-refractivity contribution in [3.63, 3.8) is 0 Å². The van der Waals surface area contributed by atoms with E-state index in [0.29, 0.717) is 11.7 Å². The van der Waals surface area contributed by atoms with E-state index in [4.69, 9.17) is 4.52 Å². The first-order valence-electron chi connectivity index (χ1n) is 8.52. The van der Waals surface area contributed by atoms with Gasteiger partial charge in [-0.25, -0.2) is 4.68 Å². The lowest BCUT2D eigenvalue weighted by Crippen LogP contribution is -2.38. The summed E-state index contributed by atoms with van der Waals surface area (Å²) < 4.78 is 6.71. The van der Waals surface area contributed by atoms with Gasteiger partial charge in [0.1, 0.15) is 0 Å². The number of carbonyl (C=O) groups excluding carboxylic acids is 1. The summed E-state index contributed by atoms with van der Waals surface area (Å²) in [6, 6.07) is 7.37. The molecule has 3 aromatic rings. The molecule has 0 aliphatic carbocycles. The number of hydrogen-bond acceptors (Lipinski definition) is 7. The van der Waals surface area contributed by atoms with E-state index < -0.39 is 0 Å². The highest BCUT2D eigenvalue weighted by atomic mass is 16.5. The first-order chi connectivity index (χ1) is 12.7. The van der Waals surface area contributed by atoms with Gasteiger partial charge in [0.25, 0.3) is 0 Å². The van der Waals surface area contributed by atoms with Crippen molar-refractivity contribution in [3.8, 4) is 5.82 Å². The number of nitrogens with one attached hydrogen (secondary N) is 1. The van der Waals surface area contributed by atoms with Crippen molar-refractivity contribution < 1.29 is 9.32 Å². The van der Waals surface area contributed by atoms with Crippen LogP contribution in [-0.4, -0.2) is 44.1 Å². The Labute approximate surface area is 150 Å². The van der Waals surface area contributed by atoms with Gasteiger partial charge in [-0.05, 0) is 38.0 Å². The lowest BCUT2D eigenvalue weighted by atomic mass is 9.96. The van der Waals surface area contributed by atoms with Crippen LogP contribution in [0.1, 0.15) is 18.5 Å². The largest absolute Gasteiger partial charge is 0.355 e. The van der Waals surface area contributed by atoms with Crippen LogP contribution < -0.4 is 10.2 Å². The van der Waals surface area contributed by atoms with E-state index in [-0.39, 0.29) is 11.8 Å². The third-order valence-corrected chi connectivity index (χ3v) is 4.44. The molecule has 1 N–H and O–H groups in total. The van der Waals surface area contributed by atoms with E-state index in [2.05, 4.69) is 30.7 Å². The second-order valence-corrected chi connectivity index (χ2v) is 6.28. The fourth-order valence-corrected chi connectivity index (χ4v) is 3.03. The number of piperidine rings is 1. The molecular weight excluding hydrogens is 334 g/mol. The molecule has 0 saturated carbocycles. The van der Waals surface area contributed by atoms with Crippen LogP contribution in [0.4, 0.5) is 11.7 Å². The fourth-order valence-electron chi connectivity index (χ4n) is 3.03. The molecule has 4 rings (SSSR count). The zero-order valence-corrected chi connectivity index (χ0v) is 14.4. The summed E-state index contributed by atoms with van der Waals surface area (Å²) in [7, 11) is 0. The summed E-state index contributed by atoms with van der Waals surface area (Å²) in [6.45, 7) is 3.32. The van der Waals surface area contributed by atoms with Crippen molar-refractivity contribution in [1.82, 2.24) is 25.1 Å². The maximum Gasteiger partial charge on any atom is 0.231 e. The monoisotopic (exact) mass is 353 g/mol. The minimum absolute atomic E-state index is 0.0269. The number of amides is 1. The van der Waals surface area contributed by atoms with Crippen LogP contribution >= 0.6 is 0 Å². The van der Waals surface area contributed by atoms with Crippen molar-refractivity contribution in [1.29, 1.82) is 0 Å². The highest BCUT2D eigenvalue weighted by molar-refractivity contribution is 5.91. The Hall–Kier alpha value is -3.23. The first kappa shape index (κ1) is 16.2. The molecule has 0 atom stereocenters. The first-order valence-corrected chi connectivity index (χ1v) is 8.52. The van der Waals surface area contributed by atoms with Crippen molar-refractivity contribution in [2.45, 2.75) is 19.8 Å². The molecule has 3 aromatic heterocycles. The van der Waals surface area contributed by atoms with E-state index in [0.717, 1.165) is 37.4 Å². The number of aryl methyl sites for hydroxylation is 1. The minimum atomic E-state index is -0.0482. The summed E-state index contributed by atoms with van der Waals surface area (Å²) >= 11 is 0. The summed E-state index contributed by atoms with van der Waals surface area (Å²) in [5, 5.41) is 19.2. The quantitative estimate of drug-likeness (QED) is 0.763. The van der Waals surface area contributed by atoms with Crippen molar-refractivity contribution in [3.05, 3.63) is 42.4 Å². The summed E-state index contributed by atoms with van der Waals surface area (Å²) in [4.78, 5) is 14.5. The lowest BCUT2D eigenvalue weighted by molar-refractivity contribution is -0.120. The average molecular weight is 353 g/mol. The number of anilines is 2. The van der Waals surface area contributed by atoms with E-state index in [9.17, 15) is 4.79 Å². The van der Waals surface area contributed by atoms with Crippen molar-refractivity contribution >= 4 is 17.6 Å². The molecule has 9 heteroatoms. The maximum atomic E-state index is 12.3. The minimum Gasteiger partial charge on any atom is -0.355 e. The van der Waals surface area contributed by atoms with Gasteiger partial charge in [-0.15, -0.1) is 10.2 Å². The predicted molar refractivity (Wildman–Crippen MR) is 94.0 cm³/mol. The standard InChI is InChI=1S/C17H19N7O2/c1-12-11-16(26-22-12)19-17(25)13-5-9-23(10-6-13)14-3-4-15(21-20-14)24-8-2-7-18-24/h2-4,7-8,11,13H,5-6,9-10H2,1H3,(H,19,25). The second kappa shape index (κ2) is 6.95. The summed E-state index contributed by atoms with van der Waals surface area (Å²) in [6.07, 6.45) is 5.03. The SMILES string of the molecule is Cc1cc(NC(=O)C2CCN(c3ccc(-n4cccn4)nn3)CC2)on1. The molecule has 0 unspecified atom stereocenters. The number of hydrogen-bond donors (Lipinski definition) is 1. The molecule has 1 aliphatic heterocycles.